The van der Waals surface area contributed by atoms with Gasteiger partial charge in [0.25, 0.3) is 0 Å². The Balaban J connectivity index is 2.59. The largest absolute Gasteiger partial charge is 0.504 e. The van der Waals surface area contributed by atoms with Crippen LogP contribution in [0.2, 0.25) is 0 Å². The van der Waals surface area contributed by atoms with Crippen LogP contribution in [0.25, 0.3) is 0 Å². The van der Waals surface area contributed by atoms with E-state index >= 15 is 0 Å². The normalized spacial score (nSPS) is 10.7. The monoisotopic (exact) mass is 267 g/mol. The van der Waals surface area contributed by atoms with Gasteiger partial charge in [0.15, 0.2) is 16.6 Å². The van der Waals surface area contributed by atoms with Gasteiger partial charge in [0, 0.05) is 6.04 Å². The Hall–Kier alpha value is -1.82. The summed E-state index contributed by atoms with van der Waals surface area (Å²) in [4.78, 5) is 0. The molecular formula is C12H17N3O2S. The first-order valence-corrected chi connectivity index (χ1v) is 5.90. The van der Waals surface area contributed by atoms with E-state index in [1.54, 1.807) is 24.4 Å². The molecule has 0 aromatic heterocycles. The van der Waals surface area contributed by atoms with Crippen molar-refractivity contribution >= 4 is 23.5 Å². The lowest BCUT2D eigenvalue weighted by Gasteiger charge is -2.09. The molecule has 3 N–H and O–H groups in total. The number of phenols is 1. The minimum absolute atomic E-state index is 0.0969. The molecule has 0 aliphatic carbocycles. The van der Waals surface area contributed by atoms with Crippen molar-refractivity contribution in [2.45, 2.75) is 19.9 Å². The summed E-state index contributed by atoms with van der Waals surface area (Å²) >= 11 is 5.01. The maximum absolute atomic E-state index is 9.43. The van der Waals surface area contributed by atoms with Crippen LogP contribution in [-0.2, 0) is 0 Å². The SMILES string of the molecule is COc1cc(/C=N/NC(=S)NC(C)C)ccc1O. The lowest BCUT2D eigenvalue weighted by atomic mass is 10.2. The fourth-order valence-corrected chi connectivity index (χ4v) is 1.52. The van der Waals surface area contributed by atoms with Crippen molar-refractivity contribution < 1.29 is 9.84 Å². The summed E-state index contributed by atoms with van der Waals surface area (Å²) in [6.45, 7) is 3.98. The van der Waals surface area contributed by atoms with Crippen molar-refractivity contribution in [3.8, 4) is 11.5 Å². The van der Waals surface area contributed by atoms with Crippen LogP contribution >= 0.6 is 12.2 Å². The smallest absolute Gasteiger partial charge is 0.187 e. The number of rotatable bonds is 4. The molecular weight excluding hydrogens is 250 g/mol. The molecule has 18 heavy (non-hydrogen) atoms. The number of benzene rings is 1. The first-order valence-electron chi connectivity index (χ1n) is 5.49. The molecule has 0 aliphatic heterocycles. The summed E-state index contributed by atoms with van der Waals surface area (Å²) in [6.07, 6.45) is 1.59. The minimum atomic E-state index is 0.0969. The van der Waals surface area contributed by atoms with Gasteiger partial charge in [-0.05, 0) is 49.8 Å². The van der Waals surface area contributed by atoms with E-state index < -0.39 is 0 Å². The van der Waals surface area contributed by atoms with Crippen LogP contribution in [0.3, 0.4) is 0 Å². The van der Waals surface area contributed by atoms with Gasteiger partial charge in [0.2, 0.25) is 0 Å². The highest BCUT2D eigenvalue weighted by atomic mass is 32.1. The first-order chi connectivity index (χ1) is 8.52. The highest BCUT2D eigenvalue weighted by Crippen LogP contribution is 2.25. The van der Waals surface area contributed by atoms with E-state index in [2.05, 4.69) is 15.8 Å². The Morgan fingerprint density at radius 2 is 2.22 bits per heavy atom. The average Bonchev–Trinajstić information content (AvgIpc) is 2.30. The third kappa shape index (κ3) is 4.58. The van der Waals surface area contributed by atoms with Crippen molar-refractivity contribution in [1.29, 1.82) is 0 Å². The lowest BCUT2D eigenvalue weighted by Crippen LogP contribution is -2.36. The van der Waals surface area contributed by atoms with E-state index in [1.165, 1.54) is 7.11 Å². The third-order valence-corrected chi connectivity index (χ3v) is 2.21. The fourth-order valence-electron chi connectivity index (χ4n) is 1.23. The molecule has 0 saturated heterocycles. The molecule has 0 saturated carbocycles. The molecule has 1 aromatic rings. The van der Waals surface area contributed by atoms with Crippen LogP contribution in [-0.4, -0.2) is 29.6 Å². The zero-order valence-corrected chi connectivity index (χ0v) is 11.4. The summed E-state index contributed by atoms with van der Waals surface area (Å²) in [6, 6.07) is 5.21. The van der Waals surface area contributed by atoms with E-state index in [0.29, 0.717) is 10.9 Å². The molecule has 0 aliphatic rings. The maximum atomic E-state index is 9.43. The Kier molecular flexibility index (Phi) is 5.38. The van der Waals surface area contributed by atoms with Crippen LogP contribution in [0.15, 0.2) is 23.3 Å². The number of methoxy groups -OCH3 is 1. The summed E-state index contributed by atoms with van der Waals surface area (Å²) in [5.41, 5.74) is 3.50. The number of nitrogens with one attached hydrogen (secondary N) is 2. The molecule has 0 bridgehead atoms. The van der Waals surface area contributed by atoms with Gasteiger partial charge in [-0.25, -0.2) is 0 Å². The number of phenolic OH excluding ortho intramolecular Hbond substituents is 1. The van der Waals surface area contributed by atoms with E-state index in [0.717, 1.165) is 5.56 Å². The molecule has 0 heterocycles. The van der Waals surface area contributed by atoms with E-state index in [-0.39, 0.29) is 11.8 Å². The van der Waals surface area contributed by atoms with Gasteiger partial charge < -0.3 is 15.2 Å². The predicted molar refractivity (Wildman–Crippen MR) is 76.3 cm³/mol. The van der Waals surface area contributed by atoms with Crippen molar-refractivity contribution in [2.75, 3.05) is 7.11 Å². The number of aromatic hydroxyl groups is 1. The zero-order valence-electron chi connectivity index (χ0n) is 10.6. The Bertz CT molecular complexity index is 447. The van der Waals surface area contributed by atoms with Crippen molar-refractivity contribution in [3.05, 3.63) is 23.8 Å². The number of hydrogen-bond donors (Lipinski definition) is 3. The van der Waals surface area contributed by atoms with Gasteiger partial charge in [-0.1, -0.05) is 0 Å². The second kappa shape index (κ2) is 6.80. The molecule has 1 rings (SSSR count). The number of hydrazone groups is 1. The molecule has 0 amide bonds. The Morgan fingerprint density at radius 1 is 1.50 bits per heavy atom. The van der Waals surface area contributed by atoms with Gasteiger partial charge in [0.05, 0.1) is 13.3 Å². The van der Waals surface area contributed by atoms with Gasteiger partial charge in [-0.2, -0.15) is 5.10 Å². The van der Waals surface area contributed by atoms with Crippen LogP contribution < -0.4 is 15.5 Å². The van der Waals surface area contributed by atoms with Gasteiger partial charge in [-0.15, -0.1) is 0 Å². The maximum Gasteiger partial charge on any atom is 0.187 e. The van der Waals surface area contributed by atoms with Crippen LogP contribution in [0, 0.1) is 0 Å². The molecule has 5 nitrogen and oxygen atoms in total. The number of ether oxygens (including phenoxy) is 1. The number of hydrogen-bond acceptors (Lipinski definition) is 4. The standard InChI is InChI=1S/C12H17N3O2S/c1-8(2)14-12(18)15-13-7-9-4-5-10(16)11(6-9)17-3/h4-8,16H,1-3H3,(H2,14,15,18)/b13-7+. The second-order valence-electron chi connectivity index (χ2n) is 3.93. The number of thiocarbonyl (C=S) groups is 1. The van der Waals surface area contributed by atoms with Crippen LogP contribution in [0.5, 0.6) is 11.5 Å². The highest BCUT2D eigenvalue weighted by molar-refractivity contribution is 7.80. The third-order valence-electron chi connectivity index (χ3n) is 2.00. The Labute approximate surface area is 112 Å². The summed E-state index contributed by atoms with van der Waals surface area (Å²) in [5, 5.41) is 16.9. The van der Waals surface area contributed by atoms with Crippen molar-refractivity contribution in [3.63, 3.8) is 0 Å². The molecule has 6 heteroatoms. The molecule has 1 aromatic carbocycles. The highest BCUT2D eigenvalue weighted by Gasteiger charge is 2.01. The first kappa shape index (κ1) is 14.2. The topological polar surface area (TPSA) is 65.9 Å². The number of nitrogens with zero attached hydrogens (tertiary/aromatic N) is 1. The zero-order chi connectivity index (χ0) is 13.5. The lowest BCUT2D eigenvalue weighted by molar-refractivity contribution is 0.373. The molecule has 0 unspecified atom stereocenters. The molecule has 0 spiro atoms. The quantitative estimate of drug-likeness (QED) is 0.439. The van der Waals surface area contributed by atoms with Crippen LogP contribution in [0.1, 0.15) is 19.4 Å². The summed E-state index contributed by atoms with van der Waals surface area (Å²) in [5.74, 6) is 0.501. The molecule has 0 radical (unpaired) electrons. The van der Waals surface area contributed by atoms with Gasteiger partial charge in [-0.3, -0.25) is 5.43 Å². The van der Waals surface area contributed by atoms with E-state index in [9.17, 15) is 5.11 Å². The summed E-state index contributed by atoms with van der Waals surface area (Å²) < 4.78 is 5.00. The van der Waals surface area contributed by atoms with Crippen molar-refractivity contribution in [1.82, 2.24) is 10.7 Å². The van der Waals surface area contributed by atoms with E-state index in [4.69, 9.17) is 17.0 Å². The minimum Gasteiger partial charge on any atom is -0.504 e. The Morgan fingerprint density at radius 3 is 2.83 bits per heavy atom. The molecule has 0 atom stereocenters. The fraction of sp³-hybridized carbons (Fsp3) is 0.333. The second-order valence-corrected chi connectivity index (χ2v) is 4.34. The van der Waals surface area contributed by atoms with Gasteiger partial charge in [0.1, 0.15) is 0 Å². The van der Waals surface area contributed by atoms with Gasteiger partial charge >= 0.3 is 0 Å². The summed E-state index contributed by atoms with van der Waals surface area (Å²) in [7, 11) is 1.50. The average molecular weight is 267 g/mol. The van der Waals surface area contributed by atoms with E-state index in [1.807, 2.05) is 13.8 Å². The molecule has 0 fully saturated rings. The van der Waals surface area contributed by atoms with Crippen LogP contribution in [0.4, 0.5) is 0 Å². The molecule has 98 valence electrons. The predicted octanol–water partition coefficient (Wildman–Crippen LogP) is 1.61. The van der Waals surface area contributed by atoms with Crippen molar-refractivity contribution in [2.24, 2.45) is 5.10 Å².